The molecule has 0 amide bonds. The van der Waals surface area contributed by atoms with Gasteiger partial charge in [-0.15, -0.1) is 0 Å². The van der Waals surface area contributed by atoms with Gasteiger partial charge in [0.1, 0.15) is 0 Å². The summed E-state index contributed by atoms with van der Waals surface area (Å²) in [7, 11) is -3.67. The first kappa shape index (κ1) is 14.7. The van der Waals surface area contributed by atoms with Gasteiger partial charge in [-0.2, -0.15) is 0 Å². The lowest BCUT2D eigenvalue weighted by molar-refractivity contribution is 0.262. The lowest BCUT2D eigenvalue weighted by atomic mass is 10.2. The van der Waals surface area contributed by atoms with E-state index in [-0.39, 0.29) is 5.30 Å². The van der Waals surface area contributed by atoms with Crippen molar-refractivity contribution in [2.24, 2.45) is 0 Å². The van der Waals surface area contributed by atoms with E-state index in [9.17, 15) is 9.46 Å². The Morgan fingerprint density at radius 1 is 1.24 bits per heavy atom. The van der Waals surface area contributed by atoms with Gasteiger partial charge in [-0.1, -0.05) is 37.8 Å². The van der Waals surface area contributed by atoms with Crippen LogP contribution >= 0.6 is 19.2 Å². The van der Waals surface area contributed by atoms with Gasteiger partial charge in [-0.25, -0.2) is 0 Å². The monoisotopic (exact) mass is 276 g/mol. The smallest absolute Gasteiger partial charge is 0.321 e. The molecule has 0 bridgehead atoms. The first-order valence-corrected chi connectivity index (χ1v) is 7.75. The van der Waals surface area contributed by atoms with Crippen molar-refractivity contribution in [2.75, 3.05) is 6.61 Å². The zero-order chi connectivity index (χ0) is 12.7. The molecular formula is C12H18ClO3P. The van der Waals surface area contributed by atoms with Gasteiger partial charge >= 0.3 is 7.60 Å². The third-order valence-corrected chi connectivity index (χ3v) is 4.15. The summed E-state index contributed by atoms with van der Waals surface area (Å²) in [6, 6.07) is 6.21. The third-order valence-electron chi connectivity index (χ3n) is 2.42. The lowest BCUT2D eigenvalue weighted by Crippen LogP contribution is -2.07. The molecule has 0 saturated heterocycles. The largest absolute Gasteiger partial charge is 0.358 e. The predicted molar refractivity (Wildman–Crippen MR) is 71.0 cm³/mol. The minimum absolute atomic E-state index is 0.289. The molecule has 3 nitrogen and oxygen atoms in total. The third kappa shape index (κ3) is 5.22. The average molecular weight is 277 g/mol. The van der Waals surface area contributed by atoms with Gasteiger partial charge in [-0.3, -0.25) is 4.57 Å². The highest BCUT2D eigenvalue weighted by Gasteiger charge is 2.21. The topological polar surface area (TPSA) is 46.5 Å². The van der Waals surface area contributed by atoms with E-state index in [4.69, 9.17) is 16.1 Å². The van der Waals surface area contributed by atoms with Crippen LogP contribution in [0.1, 0.15) is 32.6 Å². The molecule has 0 aliphatic rings. The van der Waals surface area contributed by atoms with E-state index in [0.717, 1.165) is 25.7 Å². The Balaban J connectivity index is 2.45. The average Bonchev–Trinajstić information content (AvgIpc) is 2.29. The Bertz CT molecular complexity index is 378. The van der Waals surface area contributed by atoms with Gasteiger partial charge < -0.3 is 9.42 Å². The fourth-order valence-corrected chi connectivity index (χ4v) is 2.60. The molecule has 1 atom stereocenters. The van der Waals surface area contributed by atoms with Crippen LogP contribution in [0.25, 0.3) is 0 Å². The summed E-state index contributed by atoms with van der Waals surface area (Å²) in [4.78, 5) is 9.72. The van der Waals surface area contributed by atoms with Crippen LogP contribution in [0.3, 0.4) is 0 Å². The number of halogens is 1. The van der Waals surface area contributed by atoms with Crippen LogP contribution in [-0.4, -0.2) is 11.5 Å². The van der Waals surface area contributed by atoms with Crippen molar-refractivity contribution in [1.29, 1.82) is 0 Å². The zero-order valence-corrected chi connectivity index (χ0v) is 11.6. The van der Waals surface area contributed by atoms with Gasteiger partial charge in [0.15, 0.2) is 0 Å². The first-order chi connectivity index (χ1) is 8.06. The summed E-state index contributed by atoms with van der Waals surface area (Å²) in [5, 5.41) is 0.828. The highest BCUT2D eigenvalue weighted by Crippen LogP contribution is 2.40. The van der Waals surface area contributed by atoms with Gasteiger partial charge in [0.2, 0.25) is 0 Å². The number of unbranched alkanes of at least 4 members (excludes halogenated alkanes) is 3. The van der Waals surface area contributed by atoms with E-state index < -0.39 is 7.60 Å². The number of benzene rings is 1. The predicted octanol–water partition coefficient (Wildman–Crippen LogP) is 3.75. The highest BCUT2D eigenvalue weighted by atomic mass is 35.5. The molecule has 0 radical (unpaired) electrons. The number of hydrogen-bond acceptors (Lipinski definition) is 2. The Kier molecular flexibility index (Phi) is 6.21. The fourth-order valence-electron chi connectivity index (χ4n) is 1.42. The van der Waals surface area contributed by atoms with Crippen molar-refractivity contribution in [2.45, 2.75) is 32.6 Å². The van der Waals surface area contributed by atoms with E-state index >= 15 is 0 Å². The zero-order valence-electron chi connectivity index (χ0n) is 9.93. The maximum absolute atomic E-state index is 11.8. The molecule has 96 valence electrons. The summed E-state index contributed by atoms with van der Waals surface area (Å²) in [6.45, 7) is 2.43. The van der Waals surface area contributed by atoms with Crippen molar-refractivity contribution < 1.29 is 14.0 Å². The molecule has 0 aliphatic carbocycles. The Morgan fingerprint density at radius 3 is 2.47 bits per heavy atom. The number of hydrogen-bond donors (Lipinski definition) is 1. The molecular weight excluding hydrogens is 259 g/mol. The summed E-state index contributed by atoms with van der Waals surface area (Å²) in [6.07, 6.45) is 4.09. The molecule has 1 aromatic carbocycles. The Labute approximate surface area is 107 Å². The van der Waals surface area contributed by atoms with Crippen molar-refractivity contribution in [1.82, 2.24) is 0 Å². The van der Waals surface area contributed by atoms with Gasteiger partial charge in [-0.05, 0) is 30.7 Å². The molecule has 17 heavy (non-hydrogen) atoms. The van der Waals surface area contributed by atoms with E-state index in [1.54, 1.807) is 12.1 Å². The minimum Gasteiger partial charge on any atom is -0.321 e. The van der Waals surface area contributed by atoms with Crippen LogP contribution in [0.2, 0.25) is 5.02 Å². The van der Waals surface area contributed by atoms with E-state index in [1.807, 2.05) is 0 Å². The SMILES string of the molecule is CCCCCCOP(=O)(O)c1ccc(Cl)cc1. The van der Waals surface area contributed by atoms with Crippen LogP contribution in [0.15, 0.2) is 24.3 Å². The van der Waals surface area contributed by atoms with Crippen molar-refractivity contribution >= 4 is 24.5 Å². The molecule has 1 aromatic rings. The van der Waals surface area contributed by atoms with E-state index in [2.05, 4.69) is 6.92 Å². The van der Waals surface area contributed by atoms with Crippen LogP contribution < -0.4 is 5.30 Å². The highest BCUT2D eigenvalue weighted by molar-refractivity contribution is 7.61. The summed E-state index contributed by atoms with van der Waals surface area (Å²) < 4.78 is 16.9. The van der Waals surface area contributed by atoms with Crippen molar-refractivity contribution in [3.63, 3.8) is 0 Å². The normalized spacial score (nSPS) is 14.5. The molecule has 1 N–H and O–H groups in total. The summed E-state index contributed by atoms with van der Waals surface area (Å²) >= 11 is 5.71. The van der Waals surface area contributed by atoms with Gasteiger partial charge in [0.05, 0.1) is 11.9 Å². The van der Waals surface area contributed by atoms with Crippen LogP contribution in [-0.2, 0) is 9.09 Å². The van der Waals surface area contributed by atoms with Crippen molar-refractivity contribution in [3.8, 4) is 0 Å². The molecule has 0 heterocycles. The first-order valence-electron chi connectivity index (χ1n) is 5.79. The van der Waals surface area contributed by atoms with E-state index in [1.165, 1.54) is 12.1 Å². The van der Waals surface area contributed by atoms with Gasteiger partial charge in [0.25, 0.3) is 0 Å². The Morgan fingerprint density at radius 2 is 1.88 bits per heavy atom. The maximum atomic E-state index is 11.8. The van der Waals surface area contributed by atoms with E-state index in [0.29, 0.717) is 11.6 Å². The molecule has 5 heteroatoms. The molecule has 0 fully saturated rings. The van der Waals surface area contributed by atoms with Crippen LogP contribution in [0, 0.1) is 0 Å². The quantitative estimate of drug-likeness (QED) is 0.609. The van der Waals surface area contributed by atoms with Crippen LogP contribution in [0.5, 0.6) is 0 Å². The molecule has 0 spiro atoms. The summed E-state index contributed by atoms with van der Waals surface area (Å²) in [5.41, 5.74) is 0. The molecule has 1 rings (SSSR count). The van der Waals surface area contributed by atoms with Gasteiger partial charge in [0, 0.05) is 5.02 Å². The lowest BCUT2D eigenvalue weighted by Gasteiger charge is -2.12. The molecule has 0 saturated carbocycles. The molecule has 1 unspecified atom stereocenters. The Hall–Kier alpha value is -0.340. The second-order valence-electron chi connectivity index (χ2n) is 3.89. The minimum atomic E-state index is -3.67. The standard InChI is InChI=1S/C12H18ClO3P/c1-2-3-4-5-10-16-17(14,15)12-8-6-11(13)7-9-12/h6-9H,2-5,10H2,1H3,(H,14,15). The molecule has 0 aromatic heterocycles. The summed E-state index contributed by atoms with van der Waals surface area (Å²) in [5.74, 6) is 0. The van der Waals surface area contributed by atoms with Crippen LogP contribution in [0.4, 0.5) is 0 Å². The second-order valence-corrected chi connectivity index (χ2v) is 6.14. The fraction of sp³-hybridized carbons (Fsp3) is 0.500. The van der Waals surface area contributed by atoms with Crippen molar-refractivity contribution in [3.05, 3.63) is 29.3 Å². The maximum Gasteiger partial charge on any atom is 0.358 e. The number of rotatable bonds is 7. The molecule has 0 aliphatic heterocycles. The second kappa shape index (κ2) is 7.17.